The molecule has 3 rings (SSSR count). The van der Waals surface area contributed by atoms with Gasteiger partial charge in [-0.25, -0.2) is 8.78 Å². The molecule has 0 nitrogen and oxygen atoms in total. The van der Waals surface area contributed by atoms with Crippen molar-refractivity contribution in [1.82, 2.24) is 0 Å². The molecule has 1 fully saturated rings. The average Bonchev–Trinajstić information content (AvgIpc) is 2.51. The number of thiol groups is 1. The first-order valence-corrected chi connectivity index (χ1v) is 8.30. The highest BCUT2D eigenvalue weighted by Crippen LogP contribution is 2.36. The molecular formula is C19H20F2S. The number of hydrogen-bond acceptors (Lipinski definition) is 1. The van der Waals surface area contributed by atoms with Gasteiger partial charge in [-0.3, -0.25) is 0 Å². The van der Waals surface area contributed by atoms with Gasteiger partial charge in [0.1, 0.15) is 11.6 Å². The van der Waals surface area contributed by atoms with Crippen LogP contribution in [0.3, 0.4) is 0 Å². The fourth-order valence-corrected chi connectivity index (χ4v) is 3.49. The molecule has 0 atom stereocenters. The highest BCUT2D eigenvalue weighted by atomic mass is 32.1. The Morgan fingerprint density at radius 1 is 0.909 bits per heavy atom. The third-order valence-electron chi connectivity index (χ3n) is 4.64. The summed E-state index contributed by atoms with van der Waals surface area (Å²) in [7, 11) is 0. The summed E-state index contributed by atoms with van der Waals surface area (Å²) >= 11 is 4.51. The highest BCUT2D eigenvalue weighted by molar-refractivity contribution is 7.80. The minimum atomic E-state index is -0.298. The van der Waals surface area contributed by atoms with Crippen LogP contribution in [0.5, 0.6) is 0 Å². The van der Waals surface area contributed by atoms with Gasteiger partial charge in [0.05, 0.1) is 0 Å². The Bertz CT molecular complexity index is 673. The van der Waals surface area contributed by atoms with E-state index in [0.29, 0.717) is 27.9 Å². The lowest BCUT2D eigenvalue weighted by Gasteiger charge is -2.26. The summed E-state index contributed by atoms with van der Waals surface area (Å²) in [6.45, 7) is 1.70. The fourth-order valence-electron chi connectivity index (χ4n) is 3.19. The van der Waals surface area contributed by atoms with Crippen molar-refractivity contribution in [1.29, 1.82) is 0 Å². The van der Waals surface area contributed by atoms with Crippen molar-refractivity contribution in [2.24, 2.45) is 0 Å². The summed E-state index contributed by atoms with van der Waals surface area (Å²) in [5.74, 6) is -0.150. The Labute approximate surface area is 136 Å². The van der Waals surface area contributed by atoms with Crippen molar-refractivity contribution in [3.8, 4) is 11.1 Å². The SMILES string of the molecule is Cc1ccc(-c2ccc(C3CCC(S)CC3)cc2F)cc1F. The molecule has 0 aromatic heterocycles. The zero-order valence-corrected chi connectivity index (χ0v) is 13.5. The smallest absolute Gasteiger partial charge is 0.131 e. The Hall–Kier alpha value is -1.35. The minimum absolute atomic E-state index is 0.270. The van der Waals surface area contributed by atoms with Gasteiger partial charge in [0.2, 0.25) is 0 Å². The Morgan fingerprint density at radius 3 is 2.27 bits per heavy atom. The first-order chi connectivity index (χ1) is 10.5. The summed E-state index contributed by atoms with van der Waals surface area (Å²) < 4.78 is 28.1. The lowest BCUT2D eigenvalue weighted by Crippen LogP contribution is -2.13. The average molecular weight is 318 g/mol. The van der Waals surface area contributed by atoms with Crippen LogP contribution < -0.4 is 0 Å². The number of rotatable bonds is 2. The van der Waals surface area contributed by atoms with E-state index >= 15 is 0 Å². The molecule has 0 N–H and O–H groups in total. The summed E-state index contributed by atoms with van der Waals surface area (Å²) in [5.41, 5.74) is 2.68. The van der Waals surface area contributed by atoms with Crippen LogP contribution in [0.4, 0.5) is 8.78 Å². The van der Waals surface area contributed by atoms with E-state index in [4.69, 9.17) is 0 Å². The molecule has 3 heteroatoms. The third kappa shape index (κ3) is 3.19. The maximum Gasteiger partial charge on any atom is 0.131 e. The van der Waals surface area contributed by atoms with Gasteiger partial charge in [0.15, 0.2) is 0 Å². The molecule has 0 aliphatic heterocycles. The van der Waals surface area contributed by atoms with Gasteiger partial charge in [0.25, 0.3) is 0 Å². The summed E-state index contributed by atoms with van der Waals surface area (Å²) in [6.07, 6.45) is 4.29. The Kier molecular flexibility index (Phi) is 4.53. The number of hydrogen-bond donors (Lipinski definition) is 1. The van der Waals surface area contributed by atoms with E-state index in [1.165, 1.54) is 6.07 Å². The van der Waals surface area contributed by atoms with Gasteiger partial charge in [-0.1, -0.05) is 24.3 Å². The molecule has 116 valence electrons. The highest BCUT2D eigenvalue weighted by Gasteiger charge is 2.21. The van der Waals surface area contributed by atoms with Crippen molar-refractivity contribution >= 4 is 12.6 Å². The van der Waals surface area contributed by atoms with Crippen LogP contribution in [0.2, 0.25) is 0 Å². The number of aryl methyl sites for hydroxylation is 1. The van der Waals surface area contributed by atoms with Gasteiger partial charge < -0.3 is 0 Å². The van der Waals surface area contributed by atoms with Crippen LogP contribution in [-0.4, -0.2) is 5.25 Å². The molecule has 0 amide bonds. The van der Waals surface area contributed by atoms with E-state index in [1.54, 1.807) is 31.2 Å². The van der Waals surface area contributed by atoms with Gasteiger partial charge in [-0.15, -0.1) is 0 Å². The Morgan fingerprint density at radius 2 is 1.64 bits per heavy atom. The van der Waals surface area contributed by atoms with E-state index in [9.17, 15) is 8.78 Å². The van der Waals surface area contributed by atoms with Crippen LogP contribution in [-0.2, 0) is 0 Å². The summed E-state index contributed by atoms with van der Waals surface area (Å²) in [5, 5.41) is 0.482. The van der Waals surface area contributed by atoms with Crippen LogP contribution in [0.15, 0.2) is 36.4 Å². The van der Waals surface area contributed by atoms with E-state index < -0.39 is 0 Å². The van der Waals surface area contributed by atoms with Crippen molar-refractivity contribution in [3.63, 3.8) is 0 Å². The molecule has 1 aliphatic carbocycles. The maximum atomic E-state index is 14.5. The lowest BCUT2D eigenvalue weighted by atomic mass is 9.83. The van der Waals surface area contributed by atoms with Crippen molar-refractivity contribution in [3.05, 3.63) is 59.2 Å². The molecule has 0 heterocycles. The Balaban J connectivity index is 1.87. The van der Waals surface area contributed by atoms with Crippen LogP contribution >= 0.6 is 12.6 Å². The second-order valence-corrected chi connectivity index (χ2v) is 6.94. The predicted molar refractivity (Wildman–Crippen MR) is 90.5 cm³/mol. The van der Waals surface area contributed by atoms with E-state index in [0.717, 1.165) is 31.2 Å². The predicted octanol–water partition coefficient (Wildman–Crippen LogP) is 5.90. The van der Waals surface area contributed by atoms with E-state index in [1.807, 2.05) is 6.07 Å². The van der Waals surface area contributed by atoms with Crippen molar-refractivity contribution < 1.29 is 8.78 Å². The van der Waals surface area contributed by atoms with Gasteiger partial charge in [-0.05, 0) is 67.3 Å². The molecule has 0 spiro atoms. The molecule has 0 unspecified atom stereocenters. The van der Waals surface area contributed by atoms with Gasteiger partial charge >= 0.3 is 0 Å². The topological polar surface area (TPSA) is 0 Å². The largest absolute Gasteiger partial charge is 0.207 e. The van der Waals surface area contributed by atoms with E-state index in [2.05, 4.69) is 12.6 Å². The molecule has 0 saturated heterocycles. The molecule has 2 aromatic rings. The minimum Gasteiger partial charge on any atom is -0.207 e. The lowest BCUT2D eigenvalue weighted by molar-refractivity contribution is 0.453. The van der Waals surface area contributed by atoms with Crippen molar-refractivity contribution in [2.45, 2.75) is 43.8 Å². The molecule has 2 aromatic carbocycles. The monoisotopic (exact) mass is 318 g/mol. The zero-order chi connectivity index (χ0) is 15.7. The molecule has 0 radical (unpaired) electrons. The molecule has 1 saturated carbocycles. The molecular weight excluding hydrogens is 298 g/mol. The number of benzene rings is 2. The normalized spacial score (nSPS) is 21.8. The third-order valence-corrected chi connectivity index (χ3v) is 5.16. The first-order valence-electron chi connectivity index (χ1n) is 7.78. The van der Waals surface area contributed by atoms with Crippen LogP contribution in [0.1, 0.15) is 42.7 Å². The molecule has 22 heavy (non-hydrogen) atoms. The quantitative estimate of drug-likeness (QED) is 0.655. The van der Waals surface area contributed by atoms with Crippen molar-refractivity contribution in [2.75, 3.05) is 0 Å². The number of halogens is 2. The first kappa shape index (κ1) is 15.5. The van der Waals surface area contributed by atoms with Gasteiger partial charge in [0, 0.05) is 10.8 Å². The van der Waals surface area contributed by atoms with Crippen LogP contribution in [0.25, 0.3) is 11.1 Å². The second kappa shape index (κ2) is 6.41. The zero-order valence-electron chi connectivity index (χ0n) is 12.7. The van der Waals surface area contributed by atoms with Crippen LogP contribution in [0, 0.1) is 18.6 Å². The maximum absolute atomic E-state index is 14.5. The standard InChI is InChI=1S/C19H20F2S/c1-12-2-3-15(11-18(12)20)17-9-6-14(10-19(17)21)13-4-7-16(22)8-5-13/h2-3,6,9-11,13,16,22H,4-5,7-8H2,1H3. The summed E-state index contributed by atoms with van der Waals surface area (Å²) in [6, 6.07) is 10.2. The molecule has 1 aliphatic rings. The molecule has 0 bridgehead atoms. The van der Waals surface area contributed by atoms with Gasteiger partial charge in [-0.2, -0.15) is 12.6 Å². The van der Waals surface area contributed by atoms with E-state index in [-0.39, 0.29) is 11.6 Å². The second-order valence-electron chi connectivity index (χ2n) is 6.21. The summed E-state index contributed by atoms with van der Waals surface area (Å²) in [4.78, 5) is 0. The fraction of sp³-hybridized carbons (Fsp3) is 0.368.